The maximum absolute atomic E-state index is 12.7. The van der Waals surface area contributed by atoms with E-state index in [9.17, 15) is 9.59 Å². The van der Waals surface area contributed by atoms with Gasteiger partial charge in [-0.2, -0.15) is 0 Å². The lowest BCUT2D eigenvalue weighted by Crippen LogP contribution is -2.30. The van der Waals surface area contributed by atoms with Crippen molar-refractivity contribution in [3.05, 3.63) is 106 Å². The van der Waals surface area contributed by atoms with Gasteiger partial charge in [0.15, 0.2) is 0 Å². The van der Waals surface area contributed by atoms with Gasteiger partial charge in [0.2, 0.25) is 0 Å². The maximum atomic E-state index is 12.7. The van der Waals surface area contributed by atoms with Crippen LogP contribution < -0.4 is 10.1 Å². The van der Waals surface area contributed by atoms with Crippen molar-refractivity contribution in [1.29, 1.82) is 0 Å². The van der Waals surface area contributed by atoms with Gasteiger partial charge in [-0.15, -0.1) is 0 Å². The summed E-state index contributed by atoms with van der Waals surface area (Å²) in [7, 11) is 0. The van der Waals surface area contributed by atoms with Crippen LogP contribution in [0.3, 0.4) is 0 Å². The average Bonchev–Trinajstić information content (AvgIpc) is 3.02. The molecule has 5 nitrogen and oxygen atoms in total. The van der Waals surface area contributed by atoms with Crippen LogP contribution in [0.5, 0.6) is 5.75 Å². The fourth-order valence-electron chi connectivity index (χ4n) is 3.39. The predicted molar refractivity (Wildman–Crippen MR) is 120 cm³/mol. The van der Waals surface area contributed by atoms with Gasteiger partial charge < -0.3 is 10.1 Å². The molecule has 0 bridgehead atoms. The highest BCUT2D eigenvalue weighted by Crippen LogP contribution is 2.20. The molecule has 1 N–H and O–H groups in total. The zero-order chi connectivity index (χ0) is 21.8. The number of carbonyl (C=O) groups is 2. The number of amides is 3. The molecule has 4 rings (SSSR count). The van der Waals surface area contributed by atoms with Crippen LogP contribution in [0.15, 0.2) is 78.5 Å². The minimum absolute atomic E-state index is 0.244. The molecule has 1 aliphatic heterocycles. The van der Waals surface area contributed by atoms with Gasteiger partial charge >= 0.3 is 6.03 Å². The van der Waals surface area contributed by atoms with E-state index in [0.29, 0.717) is 6.61 Å². The molecule has 156 valence electrons. The van der Waals surface area contributed by atoms with Crippen molar-refractivity contribution in [2.45, 2.75) is 27.0 Å². The topological polar surface area (TPSA) is 58.6 Å². The van der Waals surface area contributed by atoms with Gasteiger partial charge in [-0.1, -0.05) is 71.8 Å². The lowest BCUT2D eigenvalue weighted by molar-refractivity contribution is -0.123. The highest BCUT2D eigenvalue weighted by atomic mass is 16.5. The van der Waals surface area contributed by atoms with Gasteiger partial charge in [-0.05, 0) is 48.7 Å². The summed E-state index contributed by atoms with van der Waals surface area (Å²) in [5.74, 6) is 0.414. The molecule has 0 atom stereocenters. The van der Waals surface area contributed by atoms with Crippen molar-refractivity contribution < 1.29 is 14.3 Å². The van der Waals surface area contributed by atoms with E-state index in [-0.39, 0.29) is 18.1 Å². The second-order valence-corrected chi connectivity index (χ2v) is 7.71. The summed E-state index contributed by atoms with van der Waals surface area (Å²) in [6, 6.07) is 23.0. The van der Waals surface area contributed by atoms with Crippen LogP contribution in [-0.4, -0.2) is 16.8 Å². The van der Waals surface area contributed by atoms with Crippen LogP contribution in [0, 0.1) is 13.8 Å². The summed E-state index contributed by atoms with van der Waals surface area (Å²) in [6.45, 7) is 4.78. The first-order chi connectivity index (χ1) is 15.0. The van der Waals surface area contributed by atoms with Crippen LogP contribution in [0.1, 0.15) is 27.8 Å². The van der Waals surface area contributed by atoms with Crippen LogP contribution in [0.4, 0.5) is 4.79 Å². The molecular formula is C26H24N2O3. The number of nitrogens with one attached hydrogen (secondary N) is 1. The fourth-order valence-corrected chi connectivity index (χ4v) is 3.39. The summed E-state index contributed by atoms with van der Waals surface area (Å²) >= 11 is 0. The number of carbonyl (C=O) groups excluding carboxylic acids is 2. The van der Waals surface area contributed by atoms with Crippen molar-refractivity contribution in [2.24, 2.45) is 0 Å². The second kappa shape index (κ2) is 8.88. The smallest absolute Gasteiger partial charge is 0.329 e. The van der Waals surface area contributed by atoms with Gasteiger partial charge in [-0.25, -0.2) is 4.79 Å². The molecule has 0 spiro atoms. The molecular weight excluding hydrogens is 388 g/mol. The first kappa shape index (κ1) is 20.4. The van der Waals surface area contributed by atoms with E-state index in [4.69, 9.17) is 4.74 Å². The Bertz CT molecular complexity index is 1130. The molecule has 1 heterocycles. The Kier molecular flexibility index (Phi) is 5.85. The Labute approximate surface area is 182 Å². The van der Waals surface area contributed by atoms with Crippen molar-refractivity contribution in [3.8, 4) is 5.75 Å². The van der Waals surface area contributed by atoms with E-state index in [2.05, 4.69) is 24.4 Å². The Morgan fingerprint density at radius 2 is 1.61 bits per heavy atom. The number of hydrogen-bond donors (Lipinski definition) is 1. The van der Waals surface area contributed by atoms with Crippen molar-refractivity contribution in [2.75, 3.05) is 0 Å². The number of benzene rings is 3. The third-order valence-corrected chi connectivity index (χ3v) is 5.10. The van der Waals surface area contributed by atoms with Crippen LogP contribution >= 0.6 is 0 Å². The molecule has 1 fully saturated rings. The lowest BCUT2D eigenvalue weighted by Gasteiger charge is -2.11. The van der Waals surface area contributed by atoms with Crippen molar-refractivity contribution in [3.63, 3.8) is 0 Å². The highest BCUT2D eigenvalue weighted by Gasteiger charge is 2.33. The number of hydrogen-bond acceptors (Lipinski definition) is 3. The van der Waals surface area contributed by atoms with Crippen LogP contribution in [0.25, 0.3) is 6.08 Å². The summed E-state index contributed by atoms with van der Waals surface area (Å²) in [5.41, 5.74) is 5.43. The fraction of sp³-hybridized carbons (Fsp3) is 0.154. The van der Waals surface area contributed by atoms with E-state index in [1.807, 2.05) is 67.6 Å². The second-order valence-electron chi connectivity index (χ2n) is 7.71. The van der Waals surface area contributed by atoms with E-state index in [1.165, 1.54) is 10.5 Å². The first-order valence-corrected chi connectivity index (χ1v) is 10.2. The molecule has 5 heteroatoms. The molecule has 3 amide bonds. The quantitative estimate of drug-likeness (QED) is 0.459. The number of urea groups is 1. The number of imide groups is 1. The molecule has 0 unspecified atom stereocenters. The predicted octanol–water partition coefficient (Wildman–Crippen LogP) is 4.98. The average molecular weight is 412 g/mol. The van der Waals surface area contributed by atoms with Gasteiger partial charge in [0.1, 0.15) is 18.1 Å². The summed E-state index contributed by atoms with van der Waals surface area (Å²) in [5, 5.41) is 2.67. The number of rotatable bonds is 6. The molecule has 0 aliphatic carbocycles. The summed E-state index contributed by atoms with van der Waals surface area (Å²) in [6.07, 6.45) is 1.68. The molecule has 0 saturated carbocycles. The molecule has 3 aromatic rings. The molecule has 0 radical (unpaired) electrons. The van der Waals surface area contributed by atoms with Crippen molar-refractivity contribution in [1.82, 2.24) is 10.2 Å². The summed E-state index contributed by atoms with van der Waals surface area (Å²) in [4.78, 5) is 26.2. The minimum atomic E-state index is -0.407. The number of nitrogens with zero attached hydrogens (tertiary/aromatic N) is 1. The Hall–Kier alpha value is -3.86. The van der Waals surface area contributed by atoms with Crippen LogP contribution in [-0.2, 0) is 17.9 Å². The van der Waals surface area contributed by atoms with E-state index >= 15 is 0 Å². The lowest BCUT2D eigenvalue weighted by atomic mass is 10.1. The minimum Gasteiger partial charge on any atom is -0.489 e. The largest absolute Gasteiger partial charge is 0.489 e. The first-order valence-electron chi connectivity index (χ1n) is 10.2. The Balaban J connectivity index is 1.40. The zero-order valence-corrected chi connectivity index (χ0v) is 17.6. The molecule has 0 aromatic heterocycles. The Morgan fingerprint density at radius 3 is 2.32 bits per heavy atom. The SMILES string of the molecule is Cc1ccc(CN2C(=O)N/C(=C/c3ccc(OCc4cccc(C)c4)cc3)C2=O)cc1. The van der Waals surface area contributed by atoms with Gasteiger partial charge in [0.05, 0.1) is 6.54 Å². The van der Waals surface area contributed by atoms with Crippen LogP contribution in [0.2, 0.25) is 0 Å². The zero-order valence-electron chi connectivity index (χ0n) is 17.6. The monoisotopic (exact) mass is 412 g/mol. The standard InChI is InChI=1S/C26H24N2O3/c1-18-6-8-21(9-7-18)16-28-25(29)24(27-26(28)30)15-20-10-12-23(13-11-20)31-17-22-5-3-4-19(2)14-22/h3-15H,16-17H2,1-2H3,(H,27,30)/b24-15+. The maximum Gasteiger partial charge on any atom is 0.329 e. The summed E-state index contributed by atoms with van der Waals surface area (Å²) < 4.78 is 5.84. The highest BCUT2D eigenvalue weighted by molar-refractivity contribution is 6.13. The molecule has 1 aliphatic rings. The number of ether oxygens (including phenoxy) is 1. The van der Waals surface area contributed by atoms with Gasteiger partial charge in [-0.3, -0.25) is 9.69 Å². The molecule has 3 aromatic carbocycles. The van der Waals surface area contributed by atoms with E-state index in [0.717, 1.165) is 28.0 Å². The van der Waals surface area contributed by atoms with Gasteiger partial charge in [0, 0.05) is 0 Å². The molecule has 1 saturated heterocycles. The van der Waals surface area contributed by atoms with Gasteiger partial charge in [0.25, 0.3) is 5.91 Å². The van der Waals surface area contributed by atoms with E-state index in [1.54, 1.807) is 6.08 Å². The molecule has 31 heavy (non-hydrogen) atoms. The Morgan fingerprint density at radius 1 is 0.871 bits per heavy atom. The van der Waals surface area contributed by atoms with Crippen molar-refractivity contribution >= 4 is 18.0 Å². The third kappa shape index (κ3) is 5.01. The third-order valence-electron chi connectivity index (χ3n) is 5.10. The number of aryl methyl sites for hydroxylation is 2. The van der Waals surface area contributed by atoms with E-state index < -0.39 is 6.03 Å². The normalized spacial score (nSPS) is 14.8.